The van der Waals surface area contributed by atoms with Gasteiger partial charge in [0, 0.05) is 5.56 Å². The molecule has 0 saturated heterocycles. The van der Waals surface area contributed by atoms with Crippen LogP contribution in [0, 0.1) is 0 Å². The maximum atomic E-state index is 9.53. The van der Waals surface area contributed by atoms with Crippen molar-refractivity contribution in [2.75, 3.05) is 0 Å². The molecular formula is C10H11BrO. The fourth-order valence-corrected chi connectivity index (χ4v) is 1.29. The van der Waals surface area contributed by atoms with Gasteiger partial charge in [-0.05, 0) is 28.4 Å². The first-order valence-corrected chi connectivity index (χ1v) is 4.69. The first-order valence-electron chi connectivity index (χ1n) is 3.89. The summed E-state index contributed by atoms with van der Waals surface area (Å²) in [6.45, 7) is 2.06. The number of aromatic hydroxyl groups is 1. The summed E-state index contributed by atoms with van der Waals surface area (Å²) in [6.07, 6.45) is 4.91. The van der Waals surface area contributed by atoms with Crippen molar-refractivity contribution in [1.29, 1.82) is 0 Å². The highest BCUT2D eigenvalue weighted by molar-refractivity contribution is 9.10. The Morgan fingerprint density at radius 3 is 2.92 bits per heavy atom. The highest BCUT2D eigenvalue weighted by Gasteiger charge is 1.99. The van der Waals surface area contributed by atoms with Gasteiger partial charge in [0.25, 0.3) is 0 Å². The molecule has 0 bridgehead atoms. The van der Waals surface area contributed by atoms with Crippen LogP contribution in [0.15, 0.2) is 28.7 Å². The van der Waals surface area contributed by atoms with E-state index >= 15 is 0 Å². The van der Waals surface area contributed by atoms with Crippen LogP contribution >= 0.6 is 15.9 Å². The Hall–Kier alpha value is -0.760. The summed E-state index contributed by atoms with van der Waals surface area (Å²) in [5.74, 6) is 0.308. The Morgan fingerprint density at radius 2 is 2.25 bits per heavy atom. The van der Waals surface area contributed by atoms with E-state index in [1.165, 1.54) is 0 Å². The van der Waals surface area contributed by atoms with E-state index in [-0.39, 0.29) is 0 Å². The van der Waals surface area contributed by atoms with Gasteiger partial charge in [-0.3, -0.25) is 0 Å². The van der Waals surface area contributed by atoms with Gasteiger partial charge in [0.1, 0.15) is 5.75 Å². The van der Waals surface area contributed by atoms with Gasteiger partial charge in [0.05, 0.1) is 4.47 Å². The average molecular weight is 227 g/mol. The van der Waals surface area contributed by atoms with E-state index in [2.05, 4.69) is 22.9 Å². The zero-order valence-corrected chi connectivity index (χ0v) is 8.51. The number of halogens is 1. The first-order chi connectivity index (χ1) is 5.75. The number of hydrogen-bond donors (Lipinski definition) is 1. The molecule has 0 aliphatic heterocycles. The van der Waals surface area contributed by atoms with Crippen molar-refractivity contribution in [3.8, 4) is 5.75 Å². The van der Waals surface area contributed by atoms with Gasteiger partial charge < -0.3 is 5.11 Å². The van der Waals surface area contributed by atoms with Crippen LogP contribution in [0.3, 0.4) is 0 Å². The van der Waals surface area contributed by atoms with E-state index < -0.39 is 0 Å². The van der Waals surface area contributed by atoms with Crippen LogP contribution in [0.2, 0.25) is 0 Å². The van der Waals surface area contributed by atoms with Crippen molar-refractivity contribution in [1.82, 2.24) is 0 Å². The highest BCUT2D eigenvalue weighted by atomic mass is 79.9. The van der Waals surface area contributed by atoms with E-state index in [4.69, 9.17) is 0 Å². The minimum Gasteiger partial charge on any atom is -0.506 e. The predicted molar refractivity (Wildman–Crippen MR) is 55.1 cm³/mol. The third-order valence-electron chi connectivity index (χ3n) is 1.55. The molecular weight excluding hydrogens is 216 g/mol. The van der Waals surface area contributed by atoms with E-state index in [0.717, 1.165) is 16.5 Å². The van der Waals surface area contributed by atoms with Gasteiger partial charge in [-0.2, -0.15) is 0 Å². The van der Waals surface area contributed by atoms with Gasteiger partial charge in [0.2, 0.25) is 0 Å². The van der Waals surface area contributed by atoms with Gasteiger partial charge in [-0.15, -0.1) is 0 Å². The fourth-order valence-electron chi connectivity index (χ4n) is 0.911. The number of phenols is 1. The van der Waals surface area contributed by atoms with Gasteiger partial charge in [-0.1, -0.05) is 31.2 Å². The number of benzene rings is 1. The third kappa shape index (κ3) is 2.11. The van der Waals surface area contributed by atoms with Crippen LogP contribution in [-0.4, -0.2) is 5.11 Å². The minimum atomic E-state index is 0.308. The van der Waals surface area contributed by atoms with Crippen molar-refractivity contribution in [3.63, 3.8) is 0 Å². The van der Waals surface area contributed by atoms with E-state index in [9.17, 15) is 5.11 Å². The van der Waals surface area contributed by atoms with Crippen molar-refractivity contribution >= 4 is 22.0 Å². The Balaban J connectivity index is 3.00. The smallest absolute Gasteiger partial charge is 0.136 e. The Kier molecular flexibility index (Phi) is 3.35. The molecule has 1 aromatic rings. The molecule has 0 aliphatic carbocycles. The number of hydrogen-bond acceptors (Lipinski definition) is 1. The summed E-state index contributed by atoms with van der Waals surface area (Å²) in [4.78, 5) is 0. The molecule has 0 aliphatic rings. The van der Waals surface area contributed by atoms with E-state index in [1.807, 2.05) is 30.4 Å². The summed E-state index contributed by atoms with van der Waals surface area (Å²) in [5.41, 5.74) is 0.853. The molecule has 64 valence electrons. The molecule has 2 heteroatoms. The van der Waals surface area contributed by atoms with Gasteiger partial charge in [-0.25, -0.2) is 0 Å². The second-order valence-electron chi connectivity index (χ2n) is 2.49. The van der Waals surface area contributed by atoms with Crippen molar-refractivity contribution in [2.45, 2.75) is 13.3 Å². The molecule has 0 spiro atoms. The minimum absolute atomic E-state index is 0.308. The summed E-state index contributed by atoms with van der Waals surface area (Å²) in [5, 5.41) is 9.53. The van der Waals surface area contributed by atoms with Crippen LogP contribution in [0.1, 0.15) is 18.9 Å². The lowest BCUT2D eigenvalue weighted by molar-refractivity contribution is 0.470. The second kappa shape index (κ2) is 4.31. The predicted octanol–water partition coefficient (Wildman–Crippen LogP) is 3.58. The van der Waals surface area contributed by atoms with E-state index in [0.29, 0.717) is 5.75 Å². The average Bonchev–Trinajstić information content (AvgIpc) is 2.08. The highest BCUT2D eigenvalue weighted by Crippen LogP contribution is 2.28. The lowest BCUT2D eigenvalue weighted by atomic mass is 10.2. The molecule has 0 atom stereocenters. The molecule has 1 rings (SSSR count). The van der Waals surface area contributed by atoms with Crippen LogP contribution < -0.4 is 0 Å². The molecule has 1 N–H and O–H groups in total. The second-order valence-corrected chi connectivity index (χ2v) is 3.34. The molecule has 0 unspecified atom stereocenters. The van der Waals surface area contributed by atoms with Gasteiger partial charge in [0.15, 0.2) is 0 Å². The van der Waals surface area contributed by atoms with Crippen LogP contribution in [0.4, 0.5) is 0 Å². The maximum Gasteiger partial charge on any atom is 0.136 e. The van der Waals surface area contributed by atoms with Crippen LogP contribution in [-0.2, 0) is 0 Å². The molecule has 0 amide bonds. The first kappa shape index (κ1) is 9.33. The normalized spacial score (nSPS) is 10.8. The lowest BCUT2D eigenvalue weighted by Crippen LogP contribution is -1.75. The van der Waals surface area contributed by atoms with Crippen molar-refractivity contribution in [2.24, 2.45) is 0 Å². The summed E-state index contributed by atoms with van der Waals surface area (Å²) >= 11 is 3.25. The number of phenolic OH excluding ortho intramolecular Hbond substituents is 1. The van der Waals surface area contributed by atoms with Crippen molar-refractivity contribution < 1.29 is 5.11 Å². The molecule has 0 aromatic heterocycles. The Bertz CT molecular complexity index is 292. The standard InChI is InChI=1S/C10H11BrO/c1-2-3-5-8-6-4-7-9(11)10(8)12/h3-7,12H,2H2,1H3. The fraction of sp³-hybridized carbons (Fsp3) is 0.200. The van der Waals surface area contributed by atoms with Crippen LogP contribution in [0.25, 0.3) is 6.08 Å². The number of para-hydroxylation sites is 1. The molecule has 1 aromatic carbocycles. The largest absolute Gasteiger partial charge is 0.506 e. The van der Waals surface area contributed by atoms with Crippen LogP contribution in [0.5, 0.6) is 5.75 Å². The van der Waals surface area contributed by atoms with E-state index in [1.54, 1.807) is 0 Å². The zero-order chi connectivity index (χ0) is 8.97. The molecule has 0 radical (unpaired) electrons. The zero-order valence-electron chi connectivity index (χ0n) is 6.92. The summed E-state index contributed by atoms with van der Waals surface area (Å²) < 4.78 is 0.737. The number of rotatable bonds is 2. The number of allylic oxidation sites excluding steroid dienone is 1. The molecule has 0 heterocycles. The van der Waals surface area contributed by atoms with Gasteiger partial charge >= 0.3 is 0 Å². The molecule has 12 heavy (non-hydrogen) atoms. The molecule has 1 nitrogen and oxygen atoms in total. The SMILES string of the molecule is CCC=Cc1cccc(Br)c1O. The van der Waals surface area contributed by atoms with Crippen molar-refractivity contribution in [3.05, 3.63) is 34.3 Å². The topological polar surface area (TPSA) is 20.2 Å². The maximum absolute atomic E-state index is 9.53. The Morgan fingerprint density at radius 1 is 1.50 bits per heavy atom. The molecule has 0 saturated carbocycles. The third-order valence-corrected chi connectivity index (χ3v) is 2.19. The lowest BCUT2D eigenvalue weighted by Gasteiger charge is -1.99. The molecule has 0 fully saturated rings. The summed E-state index contributed by atoms with van der Waals surface area (Å²) in [7, 11) is 0. The Labute approximate surface area is 80.9 Å². The quantitative estimate of drug-likeness (QED) is 0.818. The monoisotopic (exact) mass is 226 g/mol. The summed E-state index contributed by atoms with van der Waals surface area (Å²) in [6, 6.07) is 5.60.